The number of hydrogen-bond acceptors (Lipinski definition) is 5. The summed E-state index contributed by atoms with van der Waals surface area (Å²) in [4.78, 5) is 4.47. The van der Waals surface area contributed by atoms with E-state index in [4.69, 9.17) is 10.2 Å². The summed E-state index contributed by atoms with van der Waals surface area (Å²) in [6.45, 7) is 1.76. The summed E-state index contributed by atoms with van der Waals surface area (Å²) in [6, 6.07) is 12.0. The first-order chi connectivity index (χ1) is 9.97. The summed E-state index contributed by atoms with van der Waals surface area (Å²) in [5.41, 5.74) is 7.95. The quantitative estimate of drug-likeness (QED) is 0.752. The van der Waals surface area contributed by atoms with Crippen LogP contribution in [0.2, 0.25) is 0 Å². The molecule has 0 fully saturated rings. The molecule has 0 aliphatic heterocycles. The van der Waals surface area contributed by atoms with Crippen LogP contribution in [0.1, 0.15) is 11.5 Å². The zero-order valence-electron chi connectivity index (χ0n) is 11.4. The van der Waals surface area contributed by atoms with E-state index in [0.29, 0.717) is 27.2 Å². The van der Waals surface area contributed by atoms with E-state index in [2.05, 4.69) is 4.98 Å². The van der Waals surface area contributed by atoms with E-state index in [1.807, 2.05) is 0 Å². The van der Waals surface area contributed by atoms with Crippen LogP contribution in [0, 0.1) is 6.92 Å². The van der Waals surface area contributed by atoms with Crippen LogP contribution in [0.3, 0.4) is 0 Å². The van der Waals surface area contributed by atoms with Gasteiger partial charge in [0, 0.05) is 0 Å². The number of rotatable bonds is 3. The molecule has 0 spiro atoms. The third kappa shape index (κ3) is 2.50. The molecule has 0 amide bonds. The van der Waals surface area contributed by atoms with E-state index in [-0.39, 0.29) is 11.6 Å². The summed E-state index contributed by atoms with van der Waals surface area (Å²) in [5, 5.41) is 0. The fraction of sp³-hybridized carbons (Fsp3) is 0.133. The Morgan fingerprint density at radius 3 is 2.62 bits per heavy atom. The molecule has 2 N–H and O–H groups in total. The van der Waals surface area contributed by atoms with E-state index >= 15 is 0 Å². The number of anilines is 1. The standard InChI is InChI=1S/C15H14N2O3S/c1-10-5-2-3-8-13(10)21(18,19)9-14-17-15-11(16)6-4-7-12(15)20-14/h2-8H,9,16H2,1H3. The molecule has 108 valence electrons. The maximum atomic E-state index is 12.5. The molecule has 1 aromatic heterocycles. The second kappa shape index (κ2) is 4.89. The molecule has 5 nitrogen and oxygen atoms in total. The van der Waals surface area contributed by atoms with Gasteiger partial charge in [-0.05, 0) is 30.7 Å². The Balaban J connectivity index is 2.02. The normalized spacial score (nSPS) is 11.9. The van der Waals surface area contributed by atoms with Crippen LogP contribution >= 0.6 is 0 Å². The van der Waals surface area contributed by atoms with Crippen LogP contribution < -0.4 is 5.73 Å². The Morgan fingerprint density at radius 1 is 1.14 bits per heavy atom. The fourth-order valence-corrected chi connectivity index (χ4v) is 3.67. The predicted molar refractivity (Wildman–Crippen MR) is 80.5 cm³/mol. The van der Waals surface area contributed by atoms with E-state index in [1.165, 1.54) is 0 Å². The SMILES string of the molecule is Cc1ccccc1S(=O)(=O)Cc1nc2c(N)cccc2o1. The van der Waals surface area contributed by atoms with Gasteiger partial charge in [0.05, 0.1) is 10.6 Å². The number of hydrogen-bond donors (Lipinski definition) is 1. The smallest absolute Gasteiger partial charge is 0.211 e. The van der Waals surface area contributed by atoms with Crippen LogP contribution in [-0.2, 0) is 15.6 Å². The maximum Gasteiger partial charge on any atom is 0.211 e. The van der Waals surface area contributed by atoms with Gasteiger partial charge in [0.15, 0.2) is 15.4 Å². The summed E-state index contributed by atoms with van der Waals surface area (Å²) in [5.74, 6) is -0.141. The van der Waals surface area contributed by atoms with Crippen molar-refractivity contribution < 1.29 is 12.8 Å². The molecule has 0 atom stereocenters. The van der Waals surface area contributed by atoms with Gasteiger partial charge in [0.2, 0.25) is 5.89 Å². The number of aryl methyl sites for hydroxylation is 1. The number of aromatic nitrogens is 1. The molecule has 21 heavy (non-hydrogen) atoms. The van der Waals surface area contributed by atoms with Crippen LogP contribution in [0.5, 0.6) is 0 Å². The van der Waals surface area contributed by atoms with Gasteiger partial charge in [0.1, 0.15) is 11.3 Å². The number of fused-ring (bicyclic) bond motifs is 1. The molecule has 6 heteroatoms. The first-order valence-electron chi connectivity index (χ1n) is 6.40. The van der Waals surface area contributed by atoms with Crippen molar-refractivity contribution in [3.05, 3.63) is 53.9 Å². The second-order valence-corrected chi connectivity index (χ2v) is 6.78. The molecule has 3 rings (SSSR count). The number of benzene rings is 2. The van der Waals surface area contributed by atoms with Crippen LogP contribution in [0.25, 0.3) is 11.1 Å². The highest BCUT2D eigenvalue weighted by molar-refractivity contribution is 7.90. The second-order valence-electron chi connectivity index (χ2n) is 4.83. The van der Waals surface area contributed by atoms with Crippen molar-refractivity contribution in [2.75, 3.05) is 5.73 Å². The number of sulfone groups is 1. The van der Waals surface area contributed by atoms with E-state index in [1.54, 1.807) is 49.4 Å². The average Bonchev–Trinajstić information content (AvgIpc) is 2.82. The van der Waals surface area contributed by atoms with E-state index in [0.717, 1.165) is 0 Å². The minimum Gasteiger partial charge on any atom is -0.439 e. The highest BCUT2D eigenvalue weighted by Crippen LogP contribution is 2.24. The summed E-state index contributed by atoms with van der Waals surface area (Å²) in [6.07, 6.45) is 0. The molecule has 0 bridgehead atoms. The van der Waals surface area contributed by atoms with Gasteiger partial charge in [-0.25, -0.2) is 13.4 Å². The third-order valence-electron chi connectivity index (χ3n) is 3.24. The molecule has 0 saturated heterocycles. The molecule has 0 radical (unpaired) electrons. The molecule has 1 heterocycles. The Bertz CT molecular complexity index is 914. The van der Waals surface area contributed by atoms with E-state index in [9.17, 15) is 8.42 Å². The molecule has 2 aromatic carbocycles. The minimum absolute atomic E-state index is 0.145. The zero-order chi connectivity index (χ0) is 15.0. The van der Waals surface area contributed by atoms with Crippen molar-refractivity contribution in [1.82, 2.24) is 4.98 Å². The molecular weight excluding hydrogens is 288 g/mol. The largest absolute Gasteiger partial charge is 0.439 e. The Morgan fingerprint density at radius 2 is 1.90 bits per heavy atom. The Hall–Kier alpha value is -2.34. The molecular formula is C15H14N2O3S. The number of nitrogen functional groups attached to an aromatic ring is 1. The highest BCUT2D eigenvalue weighted by atomic mass is 32.2. The molecule has 0 saturated carbocycles. The van der Waals surface area contributed by atoms with Crippen molar-refractivity contribution in [3.63, 3.8) is 0 Å². The van der Waals surface area contributed by atoms with Crippen molar-refractivity contribution in [2.45, 2.75) is 17.6 Å². The molecule has 0 aliphatic carbocycles. The first-order valence-corrected chi connectivity index (χ1v) is 8.05. The van der Waals surface area contributed by atoms with Gasteiger partial charge < -0.3 is 10.2 Å². The van der Waals surface area contributed by atoms with Crippen molar-refractivity contribution in [1.29, 1.82) is 0 Å². The van der Waals surface area contributed by atoms with Gasteiger partial charge in [0.25, 0.3) is 0 Å². The lowest BCUT2D eigenvalue weighted by atomic mass is 10.2. The van der Waals surface area contributed by atoms with Gasteiger partial charge in [-0.2, -0.15) is 0 Å². The maximum absolute atomic E-state index is 12.5. The zero-order valence-corrected chi connectivity index (χ0v) is 12.2. The van der Waals surface area contributed by atoms with Crippen molar-refractivity contribution in [3.8, 4) is 0 Å². The number of para-hydroxylation sites is 1. The average molecular weight is 302 g/mol. The molecule has 0 aliphatic rings. The minimum atomic E-state index is -3.50. The fourth-order valence-electron chi connectivity index (χ4n) is 2.22. The lowest BCUT2D eigenvalue weighted by Crippen LogP contribution is -2.06. The van der Waals surface area contributed by atoms with Crippen LogP contribution in [-0.4, -0.2) is 13.4 Å². The lowest BCUT2D eigenvalue weighted by Gasteiger charge is -2.04. The Labute approximate surface area is 122 Å². The van der Waals surface area contributed by atoms with Crippen molar-refractivity contribution >= 4 is 26.6 Å². The topological polar surface area (TPSA) is 86.2 Å². The monoisotopic (exact) mass is 302 g/mol. The summed E-state index contributed by atoms with van der Waals surface area (Å²) in [7, 11) is -3.50. The number of nitrogens with two attached hydrogens (primary N) is 1. The summed E-state index contributed by atoms with van der Waals surface area (Å²) < 4.78 is 30.4. The van der Waals surface area contributed by atoms with E-state index < -0.39 is 9.84 Å². The third-order valence-corrected chi connectivity index (χ3v) is 4.99. The highest BCUT2D eigenvalue weighted by Gasteiger charge is 2.21. The molecule has 3 aromatic rings. The lowest BCUT2D eigenvalue weighted by molar-refractivity contribution is 0.540. The predicted octanol–water partition coefficient (Wildman–Crippen LogP) is 2.69. The van der Waals surface area contributed by atoms with Gasteiger partial charge >= 0.3 is 0 Å². The summed E-state index contributed by atoms with van der Waals surface area (Å²) >= 11 is 0. The van der Waals surface area contributed by atoms with Gasteiger partial charge in [-0.3, -0.25) is 0 Å². The Kier molecular flexibility index (Phi) is 3.17. The number of oxazole rings is 1. The number of nitrogens with zero attached hydrogens (tertiary/aromatic N) is 1. The van der Waals surface area contributed by atoms with Gasteiger partial charge in [-0.1, -0.05) is 24.3 Å². The molecule has 0 unspecified atom stereocenters. The first kappa shape index (κ1) is 13.6. The van der Waals surface area contributed by atoms with Gasteiger partial charge in [-0.15, -0.1) is 0 Å². The van der Waals surface area contributed by atoms with Crippen molar-refractivity contribution in [2.24, 2.45) is 0 Å². The van der Waals surface area contributed by atoms with Crippen LogP contribution in [0.4, 0.5) is 5.69 Å². The van der Waals surface area contributed by atoms with Crippen LogP contribution in [0.15, 0.2) is 51.8 Å².